The fraction of sp³-hybridized carbons (Fsp3) is 0.474. The summed E-state index contributed by atoms with van der Waals surface area (Å²) in [6, 6.07) is 10.6. The first kappa shape index (κ1) is 16.7. The highest BCUT2D eigenvalue weighted by Crippen LogP contribution is 2.20. The van der Waals surface area contributed by atoms with Crippen LogP contribution in [0.15, 0.2) is 42.7 Å². The van der Waals surface area contributed by atoms with Gasteiger partial charge in [0.15, 0.2) is 0 Å². The molecule has 1 amide bonds. The zero-order valence-electron chi connectivity index (χ0n) is 14.3. The lowest BCUT2D eigenvalue weighted by molar-refractivity contribution is -0.119. The highest BCUT2D eigenvalue weighted by atomic mass is 16.1. The summed E-state index contributed by atoms with van der Waals surface area (Å²) in [6.45, 7) is 6.34. The molecule has 1 aromatic carbocycles. The Bertz CT molecular complexity index is 653. The predicted octanol–water partition coefficient (Wildman–Crippen LogP) is 2.28. The van der Waals surface area contributed by atoms with Crippen LogP contribution in [0.5, 0.6) is 0 Å². The Labute approximate surface area is 143 Å². The molecule has 0 spiro atoms. The summed E-state index contributed by atoms with van der Waals surface area (Å²) in [7, 11) is 0. The highest BCUT2D eigenvalue weighted by Gasteiger charge is 2.20. The van der Waals surface area contributed by atoms with E-state index in [9.17, 15) is 4.79 Å². The second kappa shape index (κ2) is 8.11. The zero-order valence-corrected chi connectivity index (χ0v) is 14.3. The van der Waals surface area contributed by atoms with E-state index < -0.39 is 0 Å². The number of benzene rings is 1. The van der Waals surface area contributed by atoms with Gasteiger partial charge >= 0.3 is 0 Å². The normalized spacial score (nSPS) is 18.5. The quantitative estimate of drug-likeness (QED) is 0.886. The van der Waals surface area contributed by atoms with E-state index in [1.54, 1.807) is 6.92 Å². The van der Waals surface area contributed by atoms with Crippen molar-refractivity contribution in [2.75, 3.05) is 19.6 Å². The van der Waals surface area contributed by atoms with Gasteiger partial charge in [-0.3, -0.25) is 14.4 Å². The number of aromatic nitrogens is 2. The summed E-state index contributed by atoms with van der Waals surface area (Å²) < 4.78 is 1.97. The molecule has 2 aromatic rings. The average Bonchev–Trinajstić information content (AvgIpc) is 3.08. The van der Waals surface area contributed by atoms with Crippen LogP contribution in [0.1, 0.15) is 30.9 Å². The largest absolute Gasteiger partial charge is 0.356 e. The monoisotopic (exact) mass is 326 g/mol. The van der Waals surface area contributed by atoms with Crippen LogP contribution in [0.25, 0.3) is 0 Å². The fourth-order valence-corrected chi connectivity index (χ4v) is 3.42. The van der Waals surface area contributed by atoms with Crippen LogP contribution in [-0.2, 0) is 17.9 Å². The number of nitrogens with one attached hydrogen (secondary N) is 1. The molecule has 1 N–H and O–H groups in total. The number of likely N-dealkylation sites (tertiary alicyclic amines) is 1. The van der Waals surface area contributed by atoms with E-state index in [4.69, 9.17) is 0 Å². The lowest BCUT2D eigenvalue weighted by Crippen LogP contribution is -2.40. The second-order valence-corrected chi connectivity index (χ2v) is 6.65. The molecule has 1 fully saturated rings. The Kier molecular flexibility index (Phi) is 5.64. The Morgan fingerprint density at radius 1 is 1.25 bits per heavy atom. The van der Waals surface area contributed by atoms with E-state index in [1.807, 2.05) is 23.1 Å². The molecule has 0 unspecified atom stereocenters. The van der Waals surface area contributed by atoms with E-state index in [1.165, 1.54) is 24.0 Å². The van der Waals surface area contributed by atoms with Crippen LogP contribution in [-0.4, -0.2) is 40.2 Å². The third kappa shape index (κ3) is 4.68. The van der Waals surface area contributed by atoms with Gasteiger partial charge in [-0.05, 0) is 42.5 Å². The molecule has 0 saturated carbocycles. The molecule has 1 aliphatic rings. The first-order chi connectivity index (χ1) is 11.7. The van der Waals surface area contributed by atoms with Gasteiger partial charge in [0.25, 0.3) is 0 Å². The van der Waals surface area contributed by atoms with Crippen molar-refractivity contribution in [3.05, 3.63) is 53.9 Å². The third-order valence-corrected chi connectivity index (χ3v) is 4.65. The predicted molar refractivity (Wildman–Crippen MR) is 94.5 cm³/mol. The van der Waals surface area contributed by atoms with Crippen LogP contribution in [0.4, 0.5) is 0 Å². The molecule has 1 atom stereocenters. The van der Waals surface area contributed by atoms with E-state index >= 15 is 0 Å². The standard InChI is InChI=1S/C19H26N4O/c1-16(24)20-12-17-6-4-10-22(13-17)14-18-7-2-3-8-19(18)15-23-11-5-9-21-23/h2-3,5,7-9,11,17H,4,6,10,12-15H2,1H3,(H,20,24)/t17-/m1/s1. The molecule has 24 heavy (non-hydrogen) atoms. The molecule has 2 heterocycles. The maximum absolute atomic E-state index is 11.1. The Balaban J connectivity index is 1.62. The van der Waals surface area contributed by atoms with Crippen molar-refractivity contribution in [1.82, 2.24) is 20.0 Å². The second-order valence-electron chi connectivity index (χ2n) is 6.65. The number of nitrogens with zero attached hydrogens (tertiary/aromatic N) is 3. The zero-order chi connectivity index (χ0) is 16.8. The van der Waals surface area contributed by atoms with Crippen molar-refractivity contribution in [3.8, 4) is 0 Å². The number of hydrogen-bond acceptors (Lipinski definition) is 3. The molecule has 0 radical (unpaired) electrons. The van der Waals surface area contributed by atoms with Gasteiger partial charge in [-0.25, -0.2) is 0 Å². The third-order valence-electron chi connectivity index (χ3n) is 4.65. The van der Waals surface area contributed by atoms with Gasteiger partial charge in [-0.15, -0.1) is 0 Å². The van der Waals surface area contributed by atoms with Crippen molar-refractivity contribution in [2.45, 2.75) is 32.9 Å². The van der Waals surface area contributed by atoms with Gasteiger partial charge in [0.2, 0.25) is 5.91 Å². The van der Waals surface area contributed by atoms with Crippen LogP contribution >= 0.6 is 0 Å². The van der Waals surface area contributed by atoms with Gasteiger partial charge in [0.05, 0.1) is 6.54 Å². The minimum absolute atomic E-state index is 0.0664. The SMILES string of the molecule is CC(=O)NC[C@H]1CCCN(Cc2ccccc2Cn2cccn2)C1. The number of rotatable bonds is 6. The van der Waals surface area contributed by atoms with E-state index in [0.717, 1.165) is 32.7 Å². The molecule has 128 valence electrons. The van der Waals surface area contributed by atoms with Gasteiger partial charge < -0.3 is 5.32 Å². The van der Waals surface area contributed by atoms with Gasteiger partial charge in [-0.2, -0.15) is 5.10 Å². The molecule has 1 aromatic heterocycles. The van der Waals surface area contributed by atoms with Crippen molar-refractivity contribution < 1.29 is 4.79 Å². The Morgan fingerprint density at radius 3 is 2.75 bits per heavy atom. The van der Waals surface area contributed by atoms with Gasteiger partial charge in [-0.1, -0.05) is 24.3 Å². The van der Waals surface area contributed by atoms with Crippen molar-refractivity contribution in [3.63, 3.8) is 0 Å². The first-order valence-corrected chi connectivity index (χ1v) is 8.71. The van der Waals surface area contributed by atoms with Crippen molar-refractivity contribution >= 4 is 5.91 Å². The summed E-state index contributed by atoms with van der Waals surface area (Å²) in [5.74, 6) is 0.623. The van der Waals surface area contributed by atoms with E-state index in [0.29, 0.717) is 5.92 Å². The summed E-state index contributed by atoms with van der Waals surface area (Å²) in [6.07, 6.45) is 6.22. The molecular weight excluding hydrogens is 300 g/mol. The smallest absolute Gasteiger partial charge is 0.216 e. The molecule has 3 rings (SSSR count). The molecule has 0 bridgehead atoms. The highest BCUT2D eigenvalue weighted by molar-refractivity contribution is 5.72. The number of piperidine rings is 1. The lowest BCUT2D eigenvalue weighted by Gasteiger charge is -2.33. The van der Waals surface area contributed by atoms with Crippen LogP contribution in [0, 0.1) is 5.92 Å². The Morgan fingerprint density at radius 2 is 2.04 bits per heavy atom. The minimum Gasteiger partial charge on any atom is -0.356 e. The first-order valence-electron chi connectivity index (χ1n) is 8.71. The topological polar surface area (TPSA) is 50.2 Å². The number of hydrogen-bond donors (Lipinski definition) is 1. The maximum atomic E-state index is 11.1. The van der Waals surface area contributed by atoms with Crippen LogP contribution in [0.3, 0.4) is 0 Å². The average molecular weight is 326 g/mol. The van der Waals surface area contributed by atoms with Gasteiger partial charge in [0.1, 0.15) is 0 Å². The molecule has 0 aliphatic carbocycles. The number of carbonyl (C=O) groups excluding carboxylic acids is 1. The minimum atomic E-state index is 0.0664. The van der Waals surface area contributed by atoms with Crippen LogP contribution < -0.4 is 5.32 Å². The summed E-state index contributed by atoms with van der Waals surface area (Å²) in [5, 5.41) is 7.28. The summed E-state index contributed by atoms with van der Waals surface area (Å²) in [4.78, 5) is 13.6. The molecule has 1 aliphatic heterocycles. The number of amides is 1. The van der Waals surface area contributed by atoms with E-state index in [2.05, 4.69) is 39.6 Å². The number of carbonyl (C=O) groups is 1. The molecule has 5 heteroatoms. The Hall–Kier alpha value is -2.14. The van der Waals surface area contributed by atoms with Crippen LogP contribution in [0.2, 0.25) is 0 Å². The van der Waals surface area contributed by atoms with Crippen molar-refractivity contribution in [1.29, 1.82) is 0 Å². The molecule has 1 saturated heterocycles. The summed E-state index contributed by atoms with van der Waals surface area (Å²) in [5.41, 5.74) is 2.69. The molecular formula is C19H26N4O. The van der Waals surface area contributed by atoms with Gasteiger partial charge in [0, 0.05) is 39.0 Å². The van der Waals surface area contributed by atoms with E-state index in [-0.39, 0.29) is 5.91 Å². The lowest BCUT2D eigenvalue weighted by atomic mass is 9.97. The molecule has 5 nitrogen and oxygen atoms in total. The maximum Gasteiger partial charge on any atom is 0.216 e. The summed E-state index contributed by atoms with van der Waals surface area (Å²) >= 11 is 0. The van der Waals surface area contributed by atoms with Crippen molar-refractivity contribution in [2.24, 2.45) is 5.92 Å². The fourth-order valence-electron chi connectivity index (χ4n) is 3.42.